The summed E-state index contributed by atoms with van der Waals surface area (Å²) in [6.45, 7) is -0.104. The zero-order valence-electron chi connectivity index (χ0n) is 9.43. The molecule has 0 unspecified atom stereocenters. The second kappa shape index (κ2) is 5.67. The number of hydrogen-bond donors (Lipinski definition) is 1. The van der Waals surface area contributed by atoms with E-state index in [2.05, 4.69) is 15.9 Å². The van der Waals surface area contributed by atoms with Gasteiger partial charge in [-0.15, -0.1) is 0 Å². The molecule has 0 bridgehead atoms. The standard InChI is InChI=1S/C14H10BrNO2/c15-13-2-1-3-14(12(13)9-17)18-11-6-4-10(8-16)5-7-11/h1-7,17H,9H2. The Balaban J connectivity index is 2.28. The van der Waals surface area contributed by atoms with Crippen molar-refractivity contribution in [3.05, 3.63) is 58.1 Å². The van der Waals surface area contributed by atoms with Crippen LogP contribution in [0.1, 0.15) is 11.1 Å². The molecule has 0 fully saturated rings. The molecule has 90 valence electrons. The van der Waals surface area contributed by atoms with E-state index in [4.69, 9.17) is 10.00 Å². The molecular formula is C14H10BrNO2. The van der Waals surface area contributed by atoms with Crippen LogP contribution in [0.3, 0.4) is 0 Å². The highest BCUT2D eigenvalue weighted by Gasteiger charge is 2.07. The van der Waals surface area contributed by atoms with Crippen LogP contribution in [0.25, 0.3) is 0 Å². The van der Waals surface area contributed by atoms with Gasteiger partial charge in [0.05, 0.1) is 18.2 Å². The summed E-state index contributed by atoms with van der Waals surface area (Å²) in [5, 5.41) is 18.0. The first kappa shape index (κ1) is 12.6. The van der Waals surface area contributed by atoms with Crippen molar-refractivity contribution in [3.8, 4) is 17.6 Å². The lowest BCUT2D eigenvalue weighted by Gasteiger charge is -2.11. The third-order valence-corrected chi connectivity index (χ3v) is 3.19. The van der Waals surface area contributed by atoms with Gasteiger partial charge in [0.15, 0.2) is 0 Å². The molecule has 0 aromatic heterocycles. The minimum Gasteiger partial charge on any atom is -0.457 e. The summed E-state index contributed by atoms with van der Waals surface area (Å²) < 4.78 is 6.48. The smallest absolute Gasteiger partial charge is 0.134 e. The maximum absolute atomic E-state index is 9.31. The van der Waals surface area contributed by atoms with Gasteiger partial charge in [-0.3, -0.25) is 0 Å². The van der Waals surface area contributed by atoms with E-state index in [0.717, 1.165) is 4.47 Å². The summed E-state index contributed by atoms with van der Waals surface area (Å²) in [5.74, 6) is 1.22. The van der Waals surface area contributed by atoms with Gasteiger partial charge < -0.3 is 9.84 Å². The summed E-state index contributed by atoms with van der Waals surface area (Å²) in [6, 6.07) is 14.3. The van der Waals surface area contributed by atoms with Crippen LogP contribution in [-0.4, -0.2) is 5.11 Å². The lowest BCUT2D eigenvalue weighted by molar-refractivity contribution is 0.275. The van der Waals surface area contributed by atoms with Crippen LogP contribution in [-0.2, 0) is 6.61 Å². The normalized spacial score (nSPS) is 9.83. The zero-order chi connectivity index (χ0) is 13.0. The minimum atomic E-state index is -0.104. The molecule has 2 aromatic rings. The Morgan fingerprint density at radius 1 is 1.17 bits per heavy atom. The average molecular weight is 304 g/mol. The molecule has 0 aliphatic carbocycles. The molecule has 3 nitrogen and oxygen atoms in total. The van der Waals surface area contributed by atoms with Crippen molar-refractivity contribution < 1.29 is 9.84 Å². The van der Waals surface area contributed by atoms with Gasteiger partial charge in [-0.25, -0.2) is 0 Å². The molecule has 4 heteroatoms. The highest BCUT2D eigenvalue weighted by molar-refractivity contribution is 9.10. The van der Waals surface area contributed by atoms with Gasteiger partial charge in [-0.2, -0.15) is 5.26 Å². The average Bonchev–Trinajstić information content (AvgIpc) is 2.40. The Morgan fingerprint density at radius 3 is 2.50 bits per heavy atom. The van der Waals surface area contributed by atoms with Crippen LogP contribution in [0, 0.1) is 11.3 Å². The van der Waals surface area contributed by atoms with Crippen LogP contribution in [0.2, 0.25) is 0 Å². The lowest BCUT2D eigenvalue weighted by atomic mass is 10.2. The molecule has 0 aliphatic heterocycles. The van der Waals surface area contributed by atoms with Crippen LogP contribution in [0.4, 0.5) is 0 Å². The second-order valence-electron chi connectivity index (χ2n) is 3.61. The number of aliphatic hydroxyl groups excluding tert-OH is 1. The SMILES string of the molecule is N#Cc1ccc(Oc2cccc(Br)c2CO)cc1. The van der Waals surface area contributed by atoms with Crippen LogP contribution in [0.15, 0.2) is 46.9 Å². The number of rotatable bonds is 3. The largest absolute Gasteiger partial charge is 0.457 e. The van der Waals surface area contributed by atoms with Crippen LogP contribution in [0.5, 0.6) is 11.5 Å². The zero-order valence-corrected chi connectivity index (χ0v) is 11.0. The van der Waals surface area contributed by atoms with Crippen LogP contribution >= 0.6 is 15.9 Å². The summed E-state index contributed by atoms with van der Waals surface area (Å²) in [5.41, 5.74) is 1.28. The first-order chi connectivity index (χ1) is 8.74. The molecular weight excluding hydrogens is 294 g/mol. The Kier molecular flexibility index (Phi) is 3.98. The number of hydrogen-bond acceptors (Lipinski definition) is 3. The molecule has 1 N–H and O–H groups in total. The highest BCUT2D eigenvalue weighted by Crippen LogP contribution is 2.30. The number of ether oxygens (including phenoxy) is 1. The van der Waals surface area contributed by atoms with E-state index in [-0.39, 0.29) is 6.61 Å². The van der Waals surface area contributed by atoms with Gasteiger partial charge in [-0.05, 0) is 36.4 Å². The van der Waals surface area contributed by atoms with Crippen molar-refractivity contribution in [2.45, 2.75) is 6.61 Å². The van der Waals surface area contributed by atoms with Crippen molar-refractivity contribution in [3.63, 3.8) is 0 Å². The monoisotopic (exact) mass is 303 g/mol. The molecule has 0 heterocycles. The van der Waals surface area contributed by atoms with Crippen molar-refractivity contribution in [1.82, 2.24) is 0 Å². The lowest BCUT2D eigenvalue weighted by Crippen LogP contribution is -1.92. The molecule has 0 aliphatic rings. The highest BCUT2D eigenvalue weighted by atomic mass is 79.9. The first-order valence-electron chi connectivity index (χ1n) is 5.31. The van der Waals surface area contributed by atoms with E-state index in [9.17, 15) is 5.11 Å². The van der Waals surface area contributed by atoms with Gasteiger partial charge in [-0.1, -0.05) is 22.0 Å². The molecule has 0 amide bonds. The third kappa shape index (κ3) is 2.70. The number of benzene rings is 2. The molecule has 0 radical (unpaired) electrons. The van der Waals surface area contributed by atoms with E-state index in [1.807, 2.05) is 18.2 Å². The fourth-order valence-corrected chi connectivity index (χ4v) is 1.99. The van der Waals surface area contributed by atoms with Crippen LogP contribution < -0.4 is 4.74 Å². The summed E-state index contributed by atoms with van der Waals surface area (Å²) >= 11 is 3.36. The minimum absolute atomic E-state index is 0.104. The quantitative estimate of drug-likeness (QED) is 0.942. The number of nitriles is 1. The van der Waals surface area contributed by atoms with E-state index in [1.165, 1.54) is 0 Å². The Morgan fingerprint density at radius 2 is 1.89 bits per heavy atom. The molecule has 0 saturated carbocycles. The molecule has 0 saturated heterocycles. The van der Waals surface area contributed by atoms with Gasteiger partial charge in [0.2, 0.25) is 0 Å². The Hall–Kier alpha value is -1.83. The number of nitrogens with zero attached hydrogens (tertiary/aromatic N) is 1. The van der Waals surface area contributed by atoms with Crippen molar-refractivity contribution in [1.29, 1.82) is 5.26 Å². The Labute approximate surface area is 113 Å². The summed E-state index contributed by atoms with van der Waals surface area (Å²) in [6.07, 6.45) is 0. The van der Waals surface area contributed by atoms with Crippen molar-refractivity contribution in [2.75, 3.05) is 0 Å². The second-order valence-corrected chi connectivity index (χ2v) is 4.47. The van der Waals surface area contributed by atoms with Gasteiger partial charge in [0.1, 0.15) is 11.5 Å². The summed E-state index contributed by atoms with van der Waals surface area (Å²) in [4.78, 5) is 0. The Bertz CT molecular complexity index is 588. The van der Waals surface area contributed by atoms with Crippen molar-refractivity contribution >= 4 is 15.9 Å². The number of halogens is 1. The maximum atomic E-state index is 9.31. The molecule has 0 spiro atoms. The molecule has 2 aromatic carbocycles. The topological polar surface area (TPSA) is 53.2 Å². The van der Waals surface area contributed by atoms with Gasteiger partial charge >= 0.3 is 0 Å². The molecule has 0 atom stereocenters. The third-order valence-electron chi connectivity index (χ3n) is 2.45. The fraction of sp³-hybridized carbons (Fsp3) is 0.0714. The van der Waals surface area contributed by atoms with Gasteiger partial charge in [0, 0.05) is 10.0 Å². The van der Waals surface area contributed by atoms with E-state index < -0.39 is 0 Å². The maximum Gasteiger partial charge on any atom is 0.134 e. The molecule has 2 rings (SSSR count). The predicted octanol–water partition coefficient (Wildman–Crippen LogP) is 3.61. The fourth-order valence-electron chi connectivity index (χ4n) is 1.51. The van der Waals surface area contributed by atoms with Gasteiger partial charge in [0.25, 0.3) is 0 Å². The van der Waals surface area contributed by atoms with E-state index in [1.54, 1.807) is 30.3 Å². The first-order valence-corrected chi connectivity index (χ1v) is 6.10. The van der Waals surface area contributed by atoms with E-state index in [0.29, 0.717) is 22.6 Å². The van der Waals surface area contributed by atoms with E-state index >= 15 is 0 Å². The summed E-state index contributed by atoms with van der Waals surface area (Å²) in [7, 11) is 0. The van der Waals surface area contributed by atoms with Crippen molar-refractivity contribution in [2.24, 2.45) is 0 Å². The molecule has 18 heavy (non-hydrogen) atoms. The number of aliphatic hydroxyl groups is 1. The predicted molar refractivity (Wildman–Crippen MR) is 71.3 cm³/mol.